The number of rotatable bonds is 5. The number of halogens is 2. The minimum absolute atomic E-state index is 0.0845. The third-order valence-corrected chi connectivity index (χ3v) is 6.61. The van der Waals surface area contributed by atoms with E-state index in [1.54, 1.807) is 12.1 Å². The quantitative estimate of drug-likeness (QED) is 0.749. The number of fused-ring (bicyclic) bond motifs is 1. The lowest BCUT2D eigenvalue weighted by molar-refractivity contribution is -0.121. The summed E-state index contributed by atoms with van der Waals surface area (Å²) >= 11 is 7.08. The van der Waals surface area contributed by atoms with Crippen molar-refractivity contribution >= 4 is 39.9 Å². The molecule has 5 nitrogen and oxygen atoms in total. The zero-order valence-electron chi connectivity index (χ0n) is 15.3. The summed E-state index contributed by atoms with van der Waals surface area (Å²) < 4.78 is 14.7. The number of aromatic nitrogens is 1. The lowest BCUT2D eigenvalue weighted by Gasteiger charge is -2.31. The number of anilines is 1. The van der Waals surface area contributed by atoms with E-state index in [0.717, 1.165) is 25.7 Å². The molecule has 2 heterocycles. The summed E-state index contributed by atoms with van der Waals surface area (Å²) in [5.74, 6) is -0.862. The average molecular weight is 422 g/mol. The Morgan fingerprint density at radius 1 is 1.36 bits per heavy atom. The molecule has 2 aliphatic rings. The van der Waals surface area contributed by atoms with Gasteiger partial charge in [-0.25, -0.2) is 9.37 Å². The lowest BCUT2D eigenvalue weighted by Crippen LogP contribution is -2.45. The van der Waals surface area contributed by atoms with Crippen LogP contribution < -0.4 is 5.32 Å². The molecule has 1 aromatic heterocycles. The first-order valence-corrected chi connectivity index (χ1v) is 10.7. The largest absolute Gasteiger partial charge is 0.322 e. The number of nitrogens with zero attached hydrogens (tertiary/aromatic N) is 2. The summed E-state index contributed by atoms with van der Waals surface area (Å²) in [5, 5.41) is 3.19. The van der Waals surface area contributed by atoms with Gasteiger partial charge in [0.05, 0.1) is 11.8 Å². The second kappa shape index (κ2) is 8.17. The number of benzene rings is 1. The van der Waals surface area contributed by atoms with Crippen molar-refractivity contribution in [3.8, 4) is 0 Å². The SMILES string of the molecule is O=C(Nc1ncc(Cl)s1)[C@@H](CC1CCCCC1)N1Cc2cccc(F)c2C1=O. The molecule has 2 amide bonds. The van der Waals surface area contributed by atoms with E-state index in [2.05, 4.69) is 10.3 Å². The molecule has 1 aliphatic heterocycles. The molecule has 0 bridgehead atoms. The highest BCUT2D eigenvalue weighted by Crippen LogP contribution is 2.33. The zero-order chi connectivity index (χ0) is 19.7. The predicted octanol–water partition coefficient (Wildman–Crippen LogP) is 4.87. The fourth-order valence-electron chi connectivity index (χ4n) is 4.21. The minimum Gasteiger partial charge on any atom is -0.322 e. The molecule has 4 rings (SSSR count). The average Bonchev–Trinajstić information content (AvgIpc) is 3.24. The van der Waals surface area contributed by atoms with E-state index >= 15 is 0 Å². The van der Waals surface area contributed by atoms with E-state index in [1.165, 1.54) is 34.9 Å². The second-order valence-corrected chi connectivity index (χ2v) is 9.08. The number of carbonyl (C=O) groups excluding carboxylic acids is 2. The van der Waals surface area contributed by atoms with E-state index in [9.17, 15) is 14.0 Å². The van der Waals surface area contributed by atoms with Crippen LogP contribution in [0.1, 0.15) is 54.4 Å². The van der Waals surface area contributed by atoms with Crippen molar-refractivity contribution in [3.05, 3.63) is 45.7 Å². The van der Waals surface area contributed by atoms with Crippen molar-refractivity contribution in [2.45, 2.75) is 51.1 Å². The lowest BCUT2D eigenvalue weighted by atomic mass is 9.84. The molecule has 1 saturated carbocycles. The summed E-state index contributed by atoms with van der Waals surface area (Å²) in [6, 6.07) is 3.96. The van der Waals surface area contributed by atoms with Crippen LogP contribution in [0.3, 0.4) is 0 Å². The molecule has 28 heavy (non-hydrogen) atoms. The van der Waals surface area contributed by atoms with Crippen LogP contribution in [0.25, 0.3) is 0 Å². The third-order valence-electron chi connectivity index (χ3n) is 5.58. The molecule has 1 aliphatic carbocycles. The predicted molar refractivity (Wildman–Crippen MR) is 107 cm³/mol. The Balaban J connectivity index is 1.58. The smallest absolute Gasteiger partial charge is 0.258 e. The number of nitrogens with one attached hydrogen (secondary N) is 1. The molecule has 0 radical (unpaired) electrons. The van der Waals surface area contributed by atoms with E-state index in [-0.39, 0.29) is 18.0 Å². The number of thiazole rings is 1. The normalized spacial score (nSPS) is 18.2. The third kappa shape index (κ3) is 3.91. The summed E-state index contributed by atoms with van der Waals surface area (Å²) in [5.41, 5.74) is 0.713. The van der Waals surface area contributed by atoms with Crippen molar-refractivity contribution < 1.29 is 14.0 Å². The number of amides is 2. The molecule has 1 N–H and O–H groups in total. The Kier molecular flexibility index (Phi) is 5.64. The fourth-order valence-corrected chi connectivity index (χ4v) is 5.02. The van der Waals surface area contributed by atoms with Crippen molar-refractivity contribution in [2.24, 2.45) is 5.92 Å². The summed E-state index contributed by atoms with van der Waals surface area (Å²) in [6.07, 6.45) is 7.65. The highest BCUT2D eigenvalue weighted by Gasteiger charge is 2.39. The van der Waals surface area contributed by atoms with Gasteiger partial charge < -0.3 is 10.2 Å². The van der Waals surface area contributed by atoms with Gasteiger partial charge in [-0.3, -0.25) is 9.59 Å². The molecule has 0 saturated heterocycles. The van der Waals surface area contributed by atoms with Gasteiger partial charge in [0.25, 0.3) is 5.91 Å². The molecule has 148 valence electrons. The number of hydrogen-bond donors (Lipinski definition) is 1. The Hall–Kier alpha value is -1.99. The van der Waals surface area contributed by atoms with Crippen molar-refractivity contribution in [1.82, 2.24) is 9.88 Å². The standard InChI is InChI=1S/C20H21ClFN3O2S/c21-16-10-23-20(28-16)24-18(26)15(9-12-5-2-1-3-6-12)25-11-13-7-4-8-14(22)17(13)19(25)27/h4,7-8,10,12,15H,1-3,5-6,9,11H2,(H,23,24,26)/t15-/m1/s1. The highest BCUT2D eigenvalue weighted by atomic mass is 35.5. The van der Waals surface area contributed by atoms with E-state index in [4.69, 9.17) is 11.6 Å². The number of carbonyl (C=O) groups is 2. The van der Waals surface area contributed by atoms with Crippen molar-refractivity contribution in [1.29, 1.82) is 0 Å². The van der Waals surface area contributed by atoms with Crippen LogP contribution >= 0.6 is 22.9 Å². The Morgan fingerprint density at radius 2 is 2.14 bits per heavy atom. The van der Waals surface area contributed by atoms with E-state index in [1.807, 2.05) is 0 Å². The van der Waals surface area contributed by atoms with Gasteiger partial charge in [-0.05, 0) is 24.0 Å². The van der Waals surface area contributed by atoms with Gasteiger partial charge in [-0.15, -0.1) is 0 Å². The van der Waals surface area contributed by atoms with Crippen LogP contribution in [0.2, 0.25) is 4.34 Å². The summed E-state index contributed by atoms with van der Waals surface area (Å²) in [7, 11) is 0. The Morgan fingerprint density at radius 3 is 2.82 bits per heavy atom. The van der Waals surface area contributed by atoms with Gasteiger partial charge >= 0.3 is 0 Å². The molecule has 2 aromatic rings. The van der Waals surface area contributed by atoms with Gasteiger partial charge in [0, 0.05) is 6.54 Å². The first-order valence-electron chi connectivity index (χ1n) is 9.53. The summed E-state index contributed by atoms with van der Waals surface area (Å²) in [6.45, 7) is 0.245. The van der Waals surface area contributed by atoms with Crippen LogP contribution in [0, 0.1) is 11.7 Å². The van der Waals surface area contributed by atoms with Crippen LogP contribution in [-0.2, 0) is 11.3 Å². The summed E-state index contributed by atoms with van der Waals surface area (Å²) in [4.78, 5) is 31.6. The zero-order valence-corrected chi connectivity index (χ0v) is 16.9. The van der Waals surface area contributed by atoms with Crippen LogP contribution in [-0.4, -0.2) is 27.7 Å². The molecule has 1 fully saturated rings. The van der Waals surface area contributed by atoms with Gasteiger partial charge in [0.2, 0.25) is 5.91 Å². The molecule has 0 spiro atoms. The van der Waals surface area contributed by atoms with Crippen LogP contribution in [0.5, 0.6) is 0 Å². The maximum Gasteiger partial charge on any atom is 0.258 e. The molecule has 0 unspecified atom stereocenters. The molecule has 1 atom stereocenters. The maximum absolute atomic E-state index is 14.2. The molecule has 1 aromatic carbocycles. The maximum atomic E-state index is 14.2. The Labute approximate surface area is 171 Å². The Bertz CT molecular complexity index is 897. The van der Waals surface area contributed by atoms with Crippen molar-refractivity contribution in [2.75, 3.05) is 5.32 Å². The van der Waals surface area contributed by atoms with Gasteiger partial charge in [0.1, 0.15) is 16.2 Å². The van der Waals surface area contributed by atoms with Gasteiger partial charge in [-0.1, -0.05) is 67.2 Å². The van der Waals surface area contributed by atoms with E-state index in [0.29, 0.717) is 27.4 Å². The number of hydrogen-bond acceptors (Lipinski definition) is 4. The second-order valence-electron chi connectivity index (χ2n) is 7.42. The monoisotopic (exact) mass is 421 g/mol. The van der Waals surface area contributed by atoms with Crippen LogP contribution in [0.4, 0.5) is 9.52 Å². The van der Waals surface area contributed by atoms with Gasteiger partial charge in [0.15, 0.2) is 5.13 Å². The minimum atomic E-state index is -0.662. The molecular weight excluding hydrogens is 401 g/mol. The fraction of sp³-hybridized carbons (Fsp3) is 0.450. The topological polar surface area (TPSA) is 62.3 Å². The molecule has 8 heteroatoms. The first kappa shape index (κ1) is 19.3. The van der Waals surface area contributed by atoms with Gasteiger partial charge in [-0.2, -0.15) is 0 Å². The first-order chi connectivity index (χ1) is 13.5. The van der Waals surface area contributed by atoms with Crippen molar-refractivity contribution in [3.63, 3.8) is 0 Å². The molecular formula is C20H21ClFN3O2S. The highest BCUT2D eigenvalue weighted by molar-refractivity contribution is 7.19. The van der Waals surface area contributed by atoms with Crippen LogP contribution in [0.15, 0.2) is 24.4 Å². The van der Waals surface area contributed by atoms with E-state index < -0.39 is 17.8 Å².